The van der Waals surface area contributed by atoms with Gasteiger partial charge in [-0.2, -0.15) is 0 Å². The smallest absolute Gasteiger partial charge is 0.257 e. The lowest BCUT2D eigenvalue weighted by atomic mass is 10.1. The zero-order chi connectivity index (χ0) is 25.5. The number of carbonyl (C=O) groups excluding carboxylic acids is 3. The lowest BCUT2D eigenvalue weighted by Gasteiger charge is -2.26. The summed E-state index contributed by atoms with van der Waals surface area (Å²) in [4.78, 5) is 39.8. The maximum absolute atomic E-state index is 14.3. The fourth-order valence-electron chi connectivity index (χ4n) is 3.62. The van der Waals surface area contributed by atoms with Crippen molar-refractivity contribution in [3.05, 3.63) is 64.2 Å². The Balaban J connectivity index is 1.84. The quantitative estimate of drug-likeness (QED) is 0.647. The molecule has 3 rings (SSSR count). The molecule has 1 heterocycles. The summed E-state index contributed by atoms with van der Waals surface area (Å²) in [6, 6.07) is 6.99. The van der Waals surface area contributed by atoms with E-state index in [9.17, 15) is 23.2 Å². The first-order valence-electron chi connectivity index (χ1n) is 11.4. The molecule has 0 aromatic heterocycles. The minimum Gasteiger partial charge on any atom is -0.491 e. The van der Waals surface area contributed by atoms with Gasteiger partial charge in [-0.3, -0.25) is 14.4 Å². The van der Waals surface area contributed by atoms with Crippen molar-refractivity contribution < 1.29 is 27.9 Å². The van der Waals surface area contributed by atoms with Crippen molar-refractivity contribution in [2.24, 2.45) is 5.92 Å². The molecular weight excluding hydrogens is 480 g/mol. The SMILES string of the molecule is CC(C)[C@H]1COc2ccc(Cl)cc2C(=O)NCCCCN(C(=O)c2ccc(F)cc2F)CC(=O)N1. The number of halogens is 3. The van der Waals surface area contributed by atoms with Gasteiger partial charge in [-0.15, -0.1) is 0 Å². The van der Waals surface area contributed by atoms with Crippen LogP contribution in [0.25, 0.3) is 0 Å². The molecule has 10 heteroatoms. The van der Waals surface area contributed by atoms with Crippen molar-refractivity contribution in [2.75, 3.05) is 26.2 Å². The van der Waals surface area contributed by atoms with E-state index in [-0.39, 0.29) is 42.6 Å². The number of nitrogens with one attached hydrogen (secondary N) is 2. The maximum atomic E-state index is 14.3. The first-order valence-corrected chi connectivity index (χ1v) is 11.8. The molecule has 3 amide bonds. The van der Waals surface area contributed by atoms with Crippen LogP contribution in [0.4, 0.5) is 8.78 Å². The molecule has 35 heavy (non-hydrogen) atoms. The molecule has 2 aromatic carbocycles. The molecule has 0 saturated carbocycles. The highest BCUT2D eigenvalue weighted by molar-refractivity contribution is 6.31. The average Bonchev–Trinajstić information content (AvgIpc) is 2.80. The van der Waals surface area contributed by atoms with E-state index in [1.807, 2.05) is 13.8 Å². The zero-order valence-electron chi connectivity index (χ0n) is 19.6. The van der Waals surface area contributed by atoms with E-state index in [1.54, 1.807) is 12.1 Å². The minimum absolute atomic E-state index is 0.0297. The molecule has 0 fully saturated rings. The van der Waals surface area contributed by atoms with Gasteiger partial charge >= 0.3 is 0 Å². The van der Waals surface area contributed by atoms with Gasteiger partial charge in [0, 0.05) is 24.2 Å². The minimum atomic E-state index is -0.997. The molecular formula is C25H28ClF2N3O4. The van der Waals surface area contributed by atoms with Gasteiger partial charge in [0.05, 0.1) is 23.7 Å². The molecule has 0 unspecified atom stereocenters. The normalized spacial score (nSPS) is 18.0. The van der Waals surface area contributed by atoms with E-state index in [0.29, 0.717) is 36.2 Å². The Kier molecular flexibility index (Phi) is 9.03. The number of ether oxygens (including phenoxy) is 1. The van der Waals surface area contributed by atoms with E-state index in [4.69, 9.17) is 16.3 Å². The van der Waals surface area contributed by atoms with E-state index >= 15 is 0 Å². The molecule has 2 N–H and O–H groups in total. The van der Waals surface area contributed by atoms with Gasteiger partial charge in [0.1, 0.15) is 24.0 Å². The van der Waals surface area contributed by atoms with Crippen LogP contribution in [0.5, 0.6) is 5.75 Å². The second kappa shape index (κ2) is 12.0. The van der Waals surface area contributed by atoms with Crippen LogP contribution in [0.2, 0.25) is 5.02 Å². The molecule has 1 aliphatic heterocycles. The average molecular weight is 508 g/mol. The number of amides is 3. The predicted octanol–water partition coefficient (Wildman–Crippen LogP) is 3.80. The number of hydrogen-bond acceptors (Lipinski definition) is 4. The van der Waals surface area contributed by atoms with Gasteiger partial charge in [0.25, 0.3) is 11.8 Å². The Morgan fingerprint density at radius 2 is 1.91 bits per heavy atom. The first kappa shape index (κ1) is 26.4. The summed E-state index contributed by atoms with van der Waals surface area (Å²) in [6.07, 6.45) is 0.934. The summed E-state index contributed by atoms with van der Waals surface area (Å²) < 4.78 is 33.4. The summed E-state index contributed by atoms with van der Waals surface area (Å²) in [5, 5.41) is 6.05. The topological polar surface area (TPSA) is 87.7 Å². The van der Waals surface area contributed by atoms with Crippen LogP contribution in [-0.4, -0.2) is 54.9 Å². The molecule has 0 aliphatic carbocycles. The monoisotopic (exact) mass is 507 g/mol. The number of hydrogen-bond donors (Lipinski definition) is 2. The third kappa shape index (κ3) is 7.14. The number of benzene rings is 2. The summed E-state index contributed by atoms with van der Waals surface area (Å²) in [5.74, 6) is -3.00. The Morgan fingerprint density at radius 1 is 1.14 bits per heavy atom. The van der Waals surface area contributed by atoms with Gasteiger partial charge in [0.15, 0.2) is 0 Å². The number of carbonyl (C=O) groups is 3. The Hall–Kier alpha value is -3.20. The Morgan fingerprint density at radius 3 is 2.63 bits per heavy atom. The van der Waals surface area contributed by atoms with Crippen molar-refractivity contribution in [3.8, 4) is 5.75 Å². The second-order valence-electron chi connectivity index (χ2n) is 8.68. The lowest BCUT2D eigenvalue weighted by Crippen LogP contribution is -2.48. The van der Waals surface area contributed by atoms with Crippen LogP contribution in [0, 0.1) is 17.6 Å². The fourth-order valence-corrected chi connectivity index (χ4v) is 3.79. The highest BCUT2D eigenvalue weighted by Gasteiger charge is 2.25. The van der Waals surface area contributed by atoms with Crippen molar-refractivity contribution in [2.45, 2.75) is 32.7 Å². The van der Waals surface area contributed by atoms with Gasteiger partial charge in [0.2, 0.25) is 5.91 Å². The summed E-state index contributed by atoms with van der Waals surface area (Å²) >= 11 is 6.07. The maximum Gasteiger partial charge on any atom is 0.257 e. The third-order valence-electron chi connectivity index (χ3n) is 5.68. The summed E-state index contributed by atoms with van der Waals surface area (Å²) in [6.45, 7) is 4.01. The molecule has 1 aliphatic rings. The molecule has 0 spiro atoms. The molecule has 2 aromatic rings. The van der Waals surface area contributed by atoms with Crippen LogP contribution < -0.4 is 15.4 Å². The number of fused-ring (bicyclic) bond motifs is 1. The molecule has 188 valence electrons. The summed E-state index contributed by atoms with van der Waals surface area (Å²) in [7, 11) is 0. The predicted molar refractivity (Wildman–Crippen MR) is 128 cm³/mol. The van der Waals surface area contributed by atoms with Gasteiger partial charge in [-0.25, -0.2) is 8.78 Å². The van der Waals surface area contributed by atoms with Crippen molar-refractivity contribution in [3.63, 3.8) is 0 Å². The van der Waals surface area contributed by atoms with Crippen molar-refractivity contribution in [1.82, 2.24) is 15.5 Å². The van der Waals surface area contributed by atoms with Crippen LogP contribution in [-0.2, 0) is 4.79 Å². The molecule has 0 bridgehead atoms. The van der Waals surface area contributed by atoms with Crippen LogP contribution in [0.1, 0.15) is 47.4 Å². The Labute approximate surface area is 207 Å². The standard InChI is InChI=1S/C25H28ClF2N3O4/c1-15(2)21-14-35-22-8-5-16(26)11-19(22)24(33)29-9-3-4-10-31(13-23(32)30-21)25(34)18-7-6-17(27)12-20(18)28/h5-8,11-12,15,21H,3-4,9-10,13-14H2,1-2H3,(H,29,33)(H,30,32)/t21-/m1/s1. The number of nitrogens with zero attached hydrogens (tertiary/aromatic N) is 1. The zero-order valence-corrected chi connectivity index (χ0v) is 20.3. The number of rotatable bonds is 2. The second-order valence-corrected chi connectivity index (χ2v) is 9.12. The van der Waals surface area contributed by atoms with Crippen molar-refractivity contribution >= 4 is 29.3 Å². The first-order chi connectivity index (χ1) is 16.7. The van der Waals surface area contributed by atoms with E-state index < -0.39 is 29.5 Å². The molecule has 0 saturated heterocycles. The lowest BCUT2D eigenvalue weighted by molar-refractivity contribution is -0.123. The third-order valence-corrected chi connectivity index (χ3v) is 5.91. The Bertz CT molecular complexity index is 1100. The molecule has 1 atom stereocenters. The van der Waals surface area contributed by atoms with Gasteiger partial charge in [-0.05, 0) is 49.1 Å². The van der Waals surface area contributed by atoms with E-state index in [2.05, 4.69) is 10.6 Å². The van der Waals surface area contributed by atoms with Crippen molar-refractivity contribution in [1.29, 1.82) is 0 Å². The molecule has 7 nitrogen and oxygen atoms in total. The van der Waals surface area contributed by atoms with E-state index in [0.717, 1.165) is 12.1 Å². The van der Waals surface area contributed by atoms with Crippen LogP contribution in [0.15, 0.2) is 36.4 Å². The van der Waals surface area contributed by atoms with Gasteiger partial charge < -0.3 is 20.3 Å². The highest BCUT2D eigenvalue weighted by atomic mass is 35.5. The van der Waals surface area contributed by atoms with Crippen LogP contribution in [0.3, 0.4) is 0 Å². The highest BCUT2D eigenvalue weighted by Crippen LogP contribution is 2.24. The van der Waals surface area contributed by atoms with Crippen LogP contribution >= 0.6 is 11.6 Å². The van der Waals surface area contributed by atoms with E-state index in [1.165, 1.54) is 11.0 Å². The molecule has 0 radical (unpaired) electrons. The fraction of sp³-hybridized carbons (Fsp3) is 0.400. The summed E-state index contributed by atoms with van der Waals surface area (Å²) in [5.41, 5.74) is -0.0358. The largest absolute Gasteiger partial charge is 0.491 e. The van der Waals surface area contributed by atoms with Gasteiger partial charge in [-0.1, -0.05) is 25.4 Å².